The van der Waals surface area contributed by atoms with Gasteiger partial charge in [-0.15, -0.1) is 11.8 Å². The molecule has 31 heavy (non-hydrogen) atoms. The Labute approximate surface area is 187 Å². The van der Waals surface area contributed by atoms with Crippen molar-refractivity contribution < 1.29 is 14.3 Å². The zero-order valence-corrected chi connectivity index (χ0v) is 19.1. The van der Waals surface area contributed by atoms with Gasteiger partial charge in [0.1, 0.15) is 5.75 Å². The van der Waals surface area contributed by atoms with Crippen LogP contribution in [0.4, 0.5) is 10.5 Å². The van der Waals surface area contributed by atoms with Gasteiger partial charge in [0.25, 0.3) is 5.91 Å². The molecule has 3 amide bonds. The topological polar surface area (TPSA) is 61.9 Å². The normalized spacial score (nSPS) is 17.6. The molecule has 2 saturated heterocycles. The SMILES string of the molecule is COc1ccc(C(=O)N2CCSC23CCN(C(=O)Nc2ccc(C)cc2C)CC3)cc1. The first-order valence-corrected chi connectivity index (χ1v) is 11.6. The minimum Gasteiger partial charge on any atom is -0.497 e. The van der Waals surface area contributed by atoms with Crippen LogP contribution in [0.5, 0.6) is 5.75 Å². The van der Waals surface area contributed by atoms with E-state index in [2.05, 4.69) is 11.4 Å². The molecule has 6 nitrogen and oxygen atoms in total. The van der Waals surface area contributed by atoms with E-state index in [4.69, 9.17) is 4.74 Å². The second-order valence-corrected chi connectivity index (χ2v) is 9.67. The number of carbonyl (C=O) groups excluding carboxylic acids is 2. The molecule has 0 atom stereocenters. The number of rotatable bonds is 3. The van der Waals surface area contributed by atoms with E-state index in [1.54, 1.807) is 7.11 Å². The molecule has 0 radical (unpaired) electrons. The Kier molecular flexibility index (Phi) is 6.14. The van der Waals surface area contributed by atoms with Crippen molar-refractivity contribution in [3.8, 4) is 5.75 Å². The van der Waals surface area contributed by atoms with Crippen LogP contribution in [0.2, 0.25) is 0 Å². The van der Waals surface area contributed by atoms with Crippen LogP contribution in [-0.2, 0) is 0 Å². The predicted molar refractivity (Wildman–Crippen MR) is 125 cm³/mol. The van der Waals surface area contributed by atoms with Gasteiger partial charge in [0, 0.05) is 36.6 Å². The number of nitrogens with one attached hydrogen (secondary N) is 1. The molecular weight excluding hydrogens is 410 g/mol. The number of hydrogen-bond acceptors (Lipinski definition) is 4. The Balaban J connectivity index is 1.41. The molecule has 0 saturated carbocycles. The van der Waals surface area contributed by atoms with Crippen molar-refractivity contribution in [1.82, 2.24) is 9.80 Å². The summed E-state index contributed by atoms with van der Waals surface area (Å²) >= 11 is 1.85. The number of urea groups is 1. The standard InChI is InChI=1S/C24H29N3O3S/c1-17-4-9-21(18(2)16-17)25-23(29)26-12-10-24(11-13-26)27(14-15-31-24)22(28)19-5-7-20(30-3)8-6-19/h4-9,16H,10-15H2,1-3H3,(H,25,29). The number of hydrogen-bond donors (Lipinski definition) is 1. The van der Waals surface area contributed by atoms with Crippen LogP contribution in [0, 0.1) is 13.8 Å². The van der Waals surface area contributed by atoms with E-state index < -0.39 is 0 Å². The number of piperidine rings is 1. The molecular formula is C24H29N3O3S. The zero-order chi connectivity index (χ0) is 22.0. The second-order valence-electron chi connectivity index (χ2n) is 8.22. The number of amides is 3. The Morgan fingerprint density at radius 3 is 2.39 bits per heavy atom. The number of thioether (sulfide) groups is 1. The summed E-state index contributed by atoms with van der Waals surface area (Å²) in [6.45, 7) is 6.06. The number of likely N-dealkylation sites (tertiary alicyclic amines) is 1. The third-order valence-corrected chi connectivity index (χ3v) is 7.77. The molecule has 2 heterocycles. The van der Waals surface area contributed by atoms with E-state index in [1.165, 1.54) is 5.56 Å². The maximum absolute atomic E-state index is 13.2. The minimum absolute atomic E-state index is 0.0563. The van der Waals surface area contributed by atoms with Gasteiger partial charge in [0.15, 0.2) is 0 Å². The van der Waals surface area contributed by atoms with E-state index in [0.29, 0.717) is 18.7 Å². The van der Waals surface area contributed by atoms with Gasteiger partial charge in [-0.2, -0.15) is 0 Å². The molecule has 2 aliphatic rings. The second kappa shape index (κ2) is 8.83. The first-order chi connectivity index (χ1) is 14.9. The number of ether oxygens (including phenoxy) is 1. The smallest absolute Gasteiger partial charge is 0.321 e. The van der Waals surface area contributed by atoms with Crippen LogP contribution in [0.25, 0.3) is 0 Å². The number of methoxy groups -OCH3 is 1. The highest BCUT2D eigenvalue weighted by Crippen LogP contribution is 2.44. The lowest BCUT2D eigenvalue weighted by atomic mass is 10.0. The summed E-state index contributed by atoms with van der Waals surface area (Å²) in [5, 5.41) is 3.04. The van der Waals surface area contributed by atoms with Gasteiger partial charge < -0.3 is 19.9 Å². The van der Waals surface area contributed by atoms with Gasteiger partial charge in [0.05, 0.1) is 12.0 Å². The number of benzene rings is 2. The third kappa shape index (κ3) is 4.37. The van der Waals surface area contributed by atoms with Crippen molar-refractivity contribution in [3.63, 3.8) is 0 Å². The average Bonchev–Trinajstić information content (AvgIpc) is 3.18. The summed E-state index contributed by atoms with van der Waals surface area (Å²) in [4.78, 5) is 29.7. The average molecular weight is 440 g/mol. The fourth-order valence-electron chi connectivity index (χ4n) is 4.41. The monoisotopic (exact) mass is 439 g/mol. The molecule has 0 aliphatic carbocycles. The molecule has 0 unspecified atom stereocenters. The van der Waals surface area contributed by atoms with Crippen molar-refractivity contribution >= 4 is 29.4 Å². The van der Waals surface area contributed by atoms with Crippen LogP contribution >= 0.6 is 11.8 Å². The molecule has 2 aromatic rings. The van der Waals surface area contributed by atoms with Crippen LogP contribution < -0.4 is 10.1 Å². The molecule has 4 rings (SSSR count). The molecule has 0 aromatic heterocycles. The first kappa shape index (κ1) is 21.6. The maximum atomic E-state index is 13.2. The molecule has 0 bridgehead atoms. The summed E-state index contributed by atoms with van der Waals surface area (Å²) in [7, 11) is 1.62. The maximum Gasteiger partial charge on any atom is 0.321 e. The summed E-state index contributed by atoms with van der Waals surface area (Å²) in [6.07, 6.45) is 1.56. The number of carbonyl (C=O) groups is 2. The van der Waals surface area contributed by atoms with E-state index in [-0.39, 0.29) is 16.8 Å². The number of anilines is 1. The van der Waals surface area contributed by atoms with Crippen molar-refractivity contribution in [3.05, 3.63) is 59.2 Å². The molecule has 1 N–H and O–H groups in total. The molecule has 7 heteroatoms. The Morgan fingerprint density at radius 2 is 1.74 bits per heavy atom. The first-order valence-electron chi connectivity index (χ1n) is 10.6. The van der Waals surface area contributed by atoms with Crippen LogP contribution in [0.1, 0.15) is 34.3 Å². The highest BCUT2D eigenvalue weighted by molar-refractivity contribution is 8.00. The minimum atomic E-state index is -0.229. The van der Waals surface area contributed by atoms with Gasteiger partial charge in [-0.3, -0.25) is 4.79 Å². The van der Waals surface area contributed by atoms with E-state index in [9.17, 15) is 9.59 Å². The number of nitrogens with zero attached hydrogens (tertiary/aromatic N) is 2. The fourth-order valence-corrected chi connectivity index (χ4v) is 5.86. The lowest BCUT2D eigenvalue weighted by Crippen LogP contribution is -2.54. The van der Waals surface area contributed by atoms with Crippen molar-refractivity contribution in [2.75, 3.05) is 37.8 Å². The molecule has 2 aliphatic heterocycles. The summed E-state index contributed by atoms with van der Waals surface area (Å²) in [5.41, 5.74) is 3.76. The van der Waals surface area contributed by atoms with E-state index in [0.717, 1.165) is 42.1 Å². The fraction of sp³-hybridized carbons (Fsp3) is 0.417. The lowest BCUT2D eigenvalue weighted by molar-refractivity contribution is 0.0585. The van der Waals surface area contributed by atoms with Gasteiger partial charge in [-0.05, 0) is 62.6 Å². The van der Waals surface area contributed by atoms with Gasteiger partial charge >= 0.3 is 6.03 Å². The van der Waals surface area contributed by atoms with Crippen molar-refractivity contribution in [1.29, 1.82) is 0 Å². The van der Waals surface area contributed by atoms with Crippen LogP contribution in [0.15, 0.2) is 42.5 Å². The number of aryl methyl sites for hydroxylation is 2. The van der Waals surface area contributed by atoms with E-state index in [1.807, 2.05) is 71.8 Å². The zero-order valence-electron chi connectivity index (χ0n) is 18.3. The Hall–Kier alpha value is -2.67. The van der Waals surface area contributed by atoms with Crippen LogP contribution in [-0.4, -0.2) is 59.1 Å². The third-order valence-electron chi connectivity index (χ3n) is 6.22. The highest BCUT2D eigenvalue weighted by Gasteiger charge is 2.47. The lowest BCUT2D eigenvalue weighted by Gasteiger charge is -2.44. The predicted octanol–water partition coefficient (Wildman–Crippen LogP) is 4.53. The summed E-state index contributed by atoms with van der Waals surface area (Å²) < 4.78 is 5.20. The van der Waals surface area contributed by atoms with Gasteiger partial charge in [-0.25, -0.2) is 4.79 Å². The molecule has 1 spiro atoms. The molecule has 2 aromatic carbocycles. The van der Waals surface area contributed by atoms with E-state index >= 15 is 0 Å². The highest BCUT2D eigenvalue weighted by atomic mass is 32.2. The largest absolute Gasteiger partial charge is 0.497 e. The van der Waals surface area contributed by atoms with Crippen LogP contribution in [0.3, 0.4) is 0 Å². The Bertz CT molecular complexity index is 969. The molecule has 164 valence electrons. The Morgan fingerprint density at radius 1 is 1.03 bits per heavy atom. The van der Waals surface area contributed by atoms with Gasteiger partial charge in [0.2, 0.25) is 0 Å². The van der Waals surface area contributed by atoms with Crippen molar-refractivity contribution in [2.45, 2.75) is 31.6 Å². The summed E-state index contributed by atoms with van der Waals surface area (Å²) in [6, 6.07) is 13.2. The summed E-state index contributed by atoms with van der Waals surface area (Å²) in [5.74, 6) is 1.72. The quantitative estimate of drug-likeness (QED) is 0.764. The van der Waals surface area contributed by atoms with Gasteiger partial charge in [-0.1, -0.05) is 17.7 Å². The van der Waals surface area contributed by atoms with Crippen molar-refractivity contribution in [2.24, 2.45) is 0 Å². The molecule has 2 fully saturated rings.